The number of nitrogens with two attached hydrogens (primary N) is 1. The van der Waals surface area contributed by atoms with Crippen molar-refractivity contribution in [2.24, 2.45) is 5.73 Å². The van der Waals surface area contributed by atoms with Gasteiger partial charge < -0.3 is 11.1 Å². The Hall–Kier alpha value is -3.88. The van der Waals surface area contributed by atoms with E-state index in [1.807, 2.05) is 12.1 Å². The zero-order valence-corrected chi connectivity index (χ0v) is 17.9. The first-order valence-corrected chi connectivity index (χ1v) is 10.7. The minimum Gasteiger partial charge on any atom is -0.370 e. The summed E-state index contributed by atoms with van der Waals surface area (Å²) in [7, 11) is 0. The lowest BCUT2D eigenvalue weighted by Crippen LogP contribution is -2.24. The second-order valence-electron chi connectivity index (χ2n) is 7.22. The Morgan fingerprint density at radius 3 is 1.88 bits per heavy atom. The van der Waals surface area contributed by atoms with Crippen LogP contribution in [-0.2, 0) is 4.79 Å². The molecule has 166 valence electrons. The first kappa shape index (κ1) is 22.8. The van der Waals surface area contributed by atoms with E-state index in [-0.39, 0.29) is 11.8 Å². The Morgan fingerprint density at radius 2 is 1.31 bits per heavy atom. The van der Waals surface area contributed by atoms with Gasteiger partial charge in [-0.05, 0) is 49.2 Å². The summed E-state index contributed by atoms with van der Waals surface area (Å²) < 4.78 is 0. The van der Waals surface area contributed by atoms with Gasteiger partial charge in [-0.2, -0.15) is 0 Å². The fraction of sp³-hybridized carbons (Fsp3) is 0.304. The standard InChI is InChI=1S/C23H27N7O2/c24-20(31)8-4-2-1-3-5-13-25-21(32)18-9-11-19(12-10-18)30(22-26-14-6-15-27-22)23-28-16-7-17-29-23/h6-7,9-12,14-17H,1-5,8,13H2,(H2,24,31)(H,25,32). The third kappa shape index (κ3) is 6.83. The maximum atomic E-state index is 12.5. The van der Waals surface area contributed by atoms with Crippen molar-refractivity contribution in [3.05, 3.63) is 66.7 Å². The minimum absolute atomic E-state index is 0.122. The van der Waals surface area contributed by atoms with E-state index >= 15 is 0 Å². The number of rotatable bonds is 12. The predicted molar refractivity (Wildman–Crippen MR) is 122 cm³/mol. The quantitative estimate of drug-likeness (QED) is 0.420. The maximum absolute atomic E-state index is 12.5. The van der Waals surface area contributed by atoms with E-state index in [2.05, 4.69) is 25.3 Å². The van der Waals surface area contributed by atoms with Gasteiger partial charge in [-0.15, -0.1) is 0 Å². The summed E-state index contributed by atoms with van der Waals surface area (Å²) in [5.41, 5.74) is 6.44. The number of aromatic nitrogens is 4. The van der Waals surface area contributed by atoms with Gasteiger partial charge in [-0.1, -0.05) is 19.3 Å². The molecule has 3 N–H and O–H groups in total. The average molecular weight is 434 g/mol. The normalized spacial score (nSPS) is 10.5. The zero-order chi connectivity index (χ0) is 22.6. The lowest BCUT2D eigenvalue weighted by molar-refractivity contribution is -0.118. The van der Waals surface area contributed by atoms with E-state index in [1.165, 1.54) is 0 Å². The van der Waals surface area contributed by atoms with Crippen LogP contribution in [0.2, 0.25) is 0 Å². The van der Waals surface area contributed by atoms with Crippen molar-refractivity contribution in [3.63, 3.8) is 0 Å². The highest BCUT2D eigenvalue weighted by Gasteiger charge is 2.17. The summed E-state index contributed by atoms with van der Waals surface area (Å²) >= 11 is 0. The van der Waals surface area contributed by atoms with Crippen LogP contribution in [0.4, 0.5) is 17.6 Å². The molecule has 0 saturated carbocycles. The van der Waals surface area contributed by atoms with E-state index in [9.17, 15) is 9.59 Å². The van der Waals surface area contributed by atoms with Crippen LogP contribution in [0.5, 0.6) is 0 Å². The lowest BCUT2D eigenvalue weighted by Gasteiger charge is -2.20. The first-order chi connectivity index (χ1) is 15.6. The molecule has 3 aromatic rings. The SMILES string of the molecule is NC(=O)CCCCCCCNC(=O)c1ccc(N(c2ncccn2)c2ncccn2)cc1. The van der Waals surface area contributed by atoms with Crippen LogP contribution < -0.4 is 16.0 Å². The minimum atomic E-state index is -0.251. The molecule has 0 bridgehead atoms. The molecular weight excluding hydrogens is 406 g/mol. The first-order valence-electron chi connectivity index (χ1n) is 10.7. The number of unbranched alkanes of at least 4 members (excludes halogenated alkanes) is 4. The van der Waals surface area contributed by atoms with Gasteiger partial charge in [-0.25, -0.2) is 24.8 Å². The average Bonchev–Trinajstić information content (AvgIpc) is 2.82. The van der Waals surface area contributed by atoms with Crippen LogP contribution in [0.1, 0.15) is 48.9 Å². The zero-order valence-electron chi connectivity index (χ0n) is 17.9. The molecule has 1 aromatic carbocycles. The molecule has 0 aliphatic rings. The topological polar surface area (TPSA) is 127 Å². The third-order valence-electron chi connectivity index (χ3n) is 4.78. The second-order valence-corrected chi connectivity index (χ2v) is 7.22. The fourth-order valence-electron chi connectivity index (χ4n) is 3.15. The lowest BCUT2D eigenvalue weighted by atomic mass is 10.1. The molecule has 0 spiro atoms. The number of benzene rings is 1. The molecule has 0 aliphatic heterocycles. The molecule has 0 fully saturated rings. The molecule has 0 aliphatic carbocycles. The molecule has 0 atom stereocenters. The van der Waals surface area contributed by atoms with Crippen LogP contribution >= 0.6 is 0 Å². The highest BCUT2D eigenvalue weighted by atomic mass is 16.2. The highest BCUT2D eigenvalue weighted by molar-refractivity contribution is 5.94. The number of carbonyl (C=O) groups excluding carboxylic acids is 2. The van der Waals surface area contributed by atoms with Crippen molar-refractivity contribution in [2.75, 3.05) is 11.4 Å². The van der Waals surface area contributed by atoms with Crippen molar-refractivity contribution in [2.45, 2.75) is 38.5 Å². The summed E-state index contributed by atoms with van der Waals surface area (Å²) in [6.45, 7) is 0.609. The van der Waals surface area contributed by atoms with Crippen molar-refractivity contribution in [1.82, 2.24) is 25.3 Å². The van der Waals surface area contributed by atoms with Crippen LogP contribution in [0.3, 0.4) is 0 Å². The van der Waals surface area contributed by atoms with Gasteiger partial charge in [0.05, 0.1) is 5.69 Å². The van der Waals surface area contributed by atoms with Crippen molar-refractivity contribution < 1.29 is 9.59 Å². The Labute approximate surface area is 187 Å². The Morgan fingerprint density at radius 1 is 0.781 bits per heavy atom. The van der Waals surface area contributed by atoms with E-state index in [0.717, 1.165) is 37.8 Å². The van der Waals surface area contributed by atoms with Crippen LogP contribution in [0, 0.1) is 0 Å². The monoisotopic (exact) mass is 433 g/mol. The van der Waals surface area contributed by atoms with Crippen molar-refractivity contribution >= 4 is 29.4 Å². The molecule has 0 unspecified atom stereocenters. The molecule has 2 aromatic heterocycles. The molecule has 3 rings (SSSR count). The predicted octanol–water partition coefficient (Wildman–Crippen LogP) is 3.29. The number of anilines is 3. The number of hydrogen-bond donors (Lipinski definition) is 2. The number of nitrogens with zero attached hydrogens (tertiary/aromatic N) is 5. The van der Waals surface area contributed by atoms with Gasteiger partial charge in [0.1, 0.15) is 0 Å². The smallest absolute Gasteiger partial charge is 0.251 e. The summed E-state index contributed by atoms with van der Waals surface area (Å²) in [4.78, 5) is 42.1. The second kappa shape index (κ2) is 12.1. The summed E-state index contributed by atoms with van der Waals surface area (Å²) in [6, 6.07) is 10.6. The Bertz CT molecular complexity index is 943. The van der Waals surface area contributed by atoms with E-state index in [4.69, 9.17) is 5.73 Å². The van der Waals surface area contributed by atoms with Gasteiger partial charge in [-0.3, -0.25) is 9.59 Å². The fourth-order valence-corrected chi connectivity index (χ4v) is 3.15. The molecule has 9 nitrogen and oxygen atoms in total. The summed E-state index contributed by atoms with van der Waals surface area (Å²) in [6.07, 6.45) is 11.8. The number of nitrogens with one attached hydrogen (secondary N) is 1. The molecule has 9 heteroatoms. The maximum Gasteiger partial charge on any atom is 0.251 e. The highest BCUT2D eigenvalue weighted by Crippen LogP contribution is 2.28. The number of primary amides is 1. The third-order valence-corrected chi connectivity index (χ3v) is 4.78. The molecule has 32 heavy (non-hydrogen) atoms. The molecule has 0 saturated heterocycles. The van der Waals surface area contributed by atoms with Gasteiger partial charge >= 0.3 is 0 Å². The molecule has 0 radical (unpaired) electrons. The van der Waals surface area contributed by atoms with Gasteiger partial charge in [0.25, 0.3) is 5.91 Å². The van der Waals surface area contributed by atoms with Crippen LogP contribution in [0.15, 0.2) is 61.2 Å². The number of amides is 2. The number of carbonyl (C=O) groups is 2. The van der Waals surface area contributed by atoms with Gasteiger partial charge in [0, 0.05) is 43.3 Å². The van der Waals surface area contributed by atoms with E-state index in [0.29, 0.717) is 30.4 Å². The molecule has 2 amide bonds. The molecular formula is C23H27N7O2. The Kier molecular flexibility index (Phi) is 8.61. The van der Waals surface area contributed by atoms with E-state index < -0.39 is 0 Å². The molecule has 2 heterocycles. The van der Waals surface area contributed by atoms with Crippen LogP contribution in [-0.4, -0.2) is 38.3 Å². The van der Waals surface area contributed by atoms with Crippen molar-refractivity contribution in [3.8, 4) is 0 Å². The Balaban J connectivity index is 1.55. The van der Waals surface area contributed by atoms with Gasteiger partial charge in [0.2, 0.25) is 17.8 Å². The van der Waals surface area contributed by atoms with Crippen LogP contribution in [0.25, 0.3) is 0 Å². The number of hydrogen-bond acceptors (Lipinski definition) is 7. The van der Waals surface area contributed by atoms with Gasteiger partial charge in [0.15, 0.2) is 0 Å². The summed E-state index contributed by atoms with van der Waals surface area (Å²) in [5.74, 6) is 0.501. The van der Waals surface area contributed by atoms with Crippen molar-refractivity contribution in [1.29, 1.82) is 0 Å². The summed E-state index contributed by atoms with van der Waals surface area (Å²) in [5, 5.41) is 2.94. The van der Waals surface area contributed by atoms with E-state index in [1.54, 1.807) is 54.0 Å². The largest absolute Gasteiger partial charge is 0.370 e.